The van der Waals surface area contributed by atoms with Crippen LogP contribution in [0.2, 0.25) is 0 Å². The van der Waals surface area contributed by atoms with E-state index >= 15 is 0 Å². The van der Waals surface area contributed by atoms with Crippen molar-refractivity contribution >= 4 is 29.1 Å². The predicted octanol–water partition coefficient (Wildman–Crippen LogP) is 2.63. The second-order valence-corrected chi connectivity index (χ2v) is 7.27. The molecule has 1 N–H and O–H groups in total. The highest BCUT2D eigenvalue weighted by Crippen LogP contribution is 2.37. The summed E-state index contributed by atoms with van der Waals surface area (Å²) in [5.74, 6) is 0.0947. The second-order valence-electron chi connectivity index (χ2n) is 6.29. The first-order valence-corrected chi connectivity index (χ1v) is 9.19. The highest BCUT2D eigenvalue weighted by Gasteiger charge is 2.31. The molecule has 3 amide bonds. The molecule has 0 bridgehead atoms. The van der Waals surface area contributed by atoms with Crippen molar-refractivity contribution in [3.05, 3.63) is 22.4 Å². The molecule has 0 aromatic carbocycles. The molecule has 1 aliphatic carbocycles. The van der Waals surface area contributed by atoms with Crippen LogP contribution >= 0.6 is 11.3 Å². The number of amides is 3. The average Bonchev–Trinajstić information content (AvgIpc) is 3.27. The van der Waals surface area contributed by atoms with Crippen molar-refractivity contribution in [3.8, 4) is 0 Å². The summed E-state index contributed by atoms with van der Waals surface area (Å²) in [5, 5.41) is 5.17. The quantitative estimate of drug-likeness (QED) is 0.813. The van der Waals surface area contributed by atoms with Gasteiger partial charge >= 0.3 is 0 Å². The van der Waals surface area contributed by atoms with Crippen molar-refractivity contribution in [3.63, 3.8) is 0 Å². The van der Waals surface area contributed by atoms with E-state index in [1.807, 2.05) is 11.4 Å². The van der Waals surface area contributed by atoms with Gasteiger partial charge in [-0.1, -0.05) is 18.9 Å². The maximum atomic E-state index is 12.3. The zero-order chi connectivity index (χ0) is 16.2. The van der Waals surface area contributed by atoms with E-state index in [4.69, 9.17) is 0 Å². The third kappa shape index (κ3) is 3.80. The van der Waals surface area contributed by atoms with Gasteiger partial charge < -0.3 is 5.32 Å². The van der Waals surface area contributed by atoms with Gasteiger partial charge in [-0.05, 0) is 30.2 Å². The van der Waals surface area contributed by atoms with Gasteiger partial charge in [-0.25, -0.2) is 0 Å². The van der Waals surface area contributed by atoms with Crippen LogP contribution in [0.5, 0.6) is 0 Å². The number of hydrogen-bond acceptors (Lipinski definition) is 4. The number of carbonyl (C=O) groups excluding carboxylic acids is 3. The van der Waals surface area contributed by atoms with Gasteiger partial charge in [0.25, 0.3) is 0 Å². The van der Waals surface area contributed by atoms with Crippen LogP contribution in [0.25, 0.3) is 0 Å². The van der Waals surface area contributed by atoms with E-state index in [2.05, 4.69) is 11.4 Å². The fourth-order valence-corrected chi connectivity index (χ4v) is 4.38. The van der Waals surface area contributed by atoms with Crippen LogP contribution in [0.4, 0.5) is 0 Å². The normalized spacial score (nSPS) is 20.3. The fraction of sp³-hybridized carbons (Fsp3) is 0.588. The van der Waals surface area contributed by atoms with Crippen LogP contribution in [0.1, 0.15) is 55.9 Å². The molecule has 1 aliphatic heterocycles. The van der Waals surface area contributed by atoms with Crippen molar-refractivity contribution in [2.24, 2.45) is 5.92 Å². The van der Waals surface area contributed by atoms with Crippen LogP contribution in [0.3, 0.4) is 0 Å². The molecule has 23 heavy (non-hydrogen) atoms. The van der Waals surface area contributed by atoms with Crippen molar-refractivity contribution in [2.45, 2.75) is 51.0 Å². The standard InChI is InChI=1S/C17H22N2O3S/c20-14(9-10-19-15(21)7-8-16(19)22)18-17(12-4-1-2-5-12)13-6-3-11-23-13/h3,6,11-12,17H,1-2,4-5,7-10H2,(H,18,20)/t17-/m0/s1. The zero-order valence-electron chi connectivity index (χ0n) is 13.1. The van der Waals surface area contributed by atoms with Gasteiger partial charge in [0.2, 0.25) is 17.7 Å². The van der Waals surface area contributed by atoms with E-state index in [0.29, 0.717) is 5.92 Å². The Bertz CT molecular complexity index is 563. The summed E-state index contributed by atoms with van der Waals surface area (Å²) in [7, 11) is 0. The molecule has 1 aromatic rings. The van der Waals surface area contributed by atoms with Crippen molar-refractivity contribution in [1.29, 1.82) is 0 Å². The van der Waals surface area contributed by atoms with Gasteiger partial charge in [0.15, 0.2) is 0 Å². The summed E-state index contributed by atoms with van der Waals surface area (Å²) in [6.07, 6.45) is 5.48. The fourth-order valence-electron chi connectivity index (χ4n) is 3.51. The van der Waals surface area contributed by atoms with E-state index in [9.17, 15) is 14.4 Å². The minimum absolute atomic E-state index is 0.0648. The highest BCUT2D eigenvalue weighted by atomic mass is 32.1. The van der Waals surface area contributed by atoms with Gasteiger partial charge in [-0.15, -0.1) is 11.3 Å². The summed E-state index contributed by atoms with van der Waals surface area (Å²) in [5.41, 5.74) is 0. The van der Waals surface area contributed by atoms with Gasteiger partial charge in [-0.3, -0.25) is 19.3 Å². The minimum atomic E-state index is -0.159. The number of nitrogens with zero attached hydrogens (tertiary/aromatic N) is 1. The molecule has 0 unspecified atom stereocenters. The smallest absolute Gasteiger partial charge is 0.229 e. The van der Waals surface area contributed by atoms with Crippen molar-refractivity contribution in [2.75, 3.05) is 6.54 Å². The lowest BCUT2D eigenvalue weighted by molar-refractivity contribution is -0.138. The molecule has 0 spiro atoms. The highest BCUT2D eigenvalue weighted by molar-refractivity contribution is 7.10. The summed E-state index contributed by atoms with van der Waals surface area (Å²) in [6.45, 7) is 0.200. The van der Waals surface area contributed by atoms with Gasteiger partial charge in [0, 0.05) is 30.7 Å². The Hall–Kier alpha value is -1.69. The van der Waals surface area contributed by atoms with Crippen LogP contribution in [-0.2, 0) is 14.4 Å². The minimum Gasteiger partial charge on any atom is -0.348 e. The first-order valence-electron chi connectivity index (χ1n) is 8.31. The Morgan fingerprint density at radius 2 is 1.96 bits per heavy atom. The Morgan fingerprint density at radius 3 is 2.57 bits per heavy atom. The Balaban J connectivity index is 1.57. The molecule has 1 aromatic heterocycles. The number of imide groups is 1. The molecule has 1 saturated carbocycles. The molecule has 1 atom stereocenters. The number of rotatable bonds is 6. The van der Waals surface area contributed by atoms with Gasteiger partial charge in [0.1, 0.15) is 0 Å². The van der Waals surface area contributed by atoms with E-state index in [0.717, 1.165) is 12.8 Å². The van der Waals surface area contributed by atoms with Gasteiger partial charge in [0.05, 0.1) is 6.04 Å². The Labute approximate surface area is 140 Å². The monoisotopic (exact) mass is 334 g/mol. The number of thiophene rings is 1. The summed E-state index contributed by atoms with van der Waals surface area (Å²) in [6, 6.07) is 4.15. The lowest BCUT2D eigenvalue weighted by atomic mass is 9.96. The Kier molecular flexibility index (Phi) is 5.10. The molecule has 6 heteroatoms. The molecule has 1 saturated heterocycles. The van der Waals surface area contributed by atoms with E-state index < -0.39 is 0 Å². The third-order valence-corrected chi connectivity index (χ3v) is 5.71. The molecule has 124 valence electrons. The molecule has 3 rings (SSSR count). The van der Waals surface area contributed by atoms with E-state index in [1.165, 1.54) is 22.6 Å². The predicted molar refractivity (Wildman–Crippen MR) is 87.7 cm³/mol. The molecule has 2 heterocycles. The van der Waals surface area contributed by atoms with E-state index in [-0.39, 0.29) is 49.6 Å². The summed E-state index contributed by atoms with van der Waals surface area (Å²) < 4.78 is 0. The third-order valence-electron chi connectivity index (χ3n) is 4.75. The average molecular weight is 334 g/mol. The number of nitrogens with one attached hydrogen (secondary N) is 1. The molecular weight excluding hydrogens is 312 g/mol. The SMILES string of the molecule is O=C(CCN1C(=O)CCC1=O)N[C@H](c1cccs1)C1CCCC1. The Morgan fingerprint density at radius 1 is 1.26 bits per heavy atom. The maximum Gasteiger partial charge on any atom is 0.229 e. The first-order chi connectivity index (χ1) is 11.1. The lowest BCUT2D eigenvalue weighted by Gasteiger charge is -2.24. The maximum absolute atomic E-state index is 12.3. The largest absolute Gasteiger partial charge is 0.348 e. The van der Waals surface area contributed by atoms with Crippen LogP contribution < -0.4 is 5.32 Å². The first kappa shape index (κ1) is 16.2. The van der Waals surface area contributed by atoms with Crippen LogP contribution in [-0.4, -0.2) is 29.2 Å². The van der Waals surface area contributed by atoms with E-state index in [1.54, 1.807) is 11.3 Å². The number of carbonyl (C=O) groups is 3. The number of likely N-dealkylation sites (tertiary alicyclic amines) is 1. The second kappa shape index (κ2) is 7.25. The molecule has 5 nitrogen and oxygen atoms in total. The summed E-state index contributed by atoms with van der Waals surface area (Å²) >= 11 is 1.67. The van der Waals surface area contributed by atoms with Crippen molar-refractivity contribution in [1.82, 2.24) is 10.2 Å². The van der Waals surface area contributed by atoms with Crippen molar-refractivity contribution < 1.29 is 14.4 Å². The lowest BCUT2D eigenvalue weighted by Crippen LogP contribution is -2.36. The summed E-state index contributed by atoms with van der Waals surface area (Å²) in [4.78, 5) is 37.9. The topological polar surface area (TPSA) is 66.5 Å². The number of hydrogen-bond donors (Lipinski definition) is 1. The molecule has 2 aliphatic rings. The molecule has 0 radical (unpaired) electrons. The van der Waals surface area contributed by atoms with Crippen LogP contribution in [0.15, 0.2) is 17.5 Å². The van der Waals surface area contributed by atoms with Crippen LogP contribution in [0, 0.1) is 5.92 Å². The molecule has 2 fully saturated rings. The molecular formula is C17H22N2O3S. The zero-order valence-corrected chi connectivity index (χ0v) is 13.9. The van der Waals surface area contributed by atoms with Gasteiger partial charge in [-0.2, -0.15) is 0 Å².